The second kappa shape index (κ2) is 4.30. The number of amides is 1. The van der Waals surface area contributed by atoms with Gasteiger partial charge in [0.15, 0.2) is 0 Å². The molecule has 0 atom stereocenters. The number of hydrogen-bond acceptors (Lipinski definition) is 3. The van der Waals surface area contributed by atoms with Gasteiger partial charge in [0.2, 0.25) is 0 Å². The van der Waals surface area contributed by atoms with Gasteiger partial charge in [-0.05, 0) is 24.6 Å². The van der Waals surface area contributed by atoms with Crippen LogP contribution >= 0.6 is 11.6 Å². The molecule has 0 aliphatic heterocycles. The summed E-state index contributed by atoms with van der Waals surface area (Å²) in [7, 11) is 0. The van der Waals surface area contributed by atoms with Crippen molar-refractivity contribution in [1.29, 1.82) is 0 Å². The number of rotatable bonds is 2. The predicted molar refractivity (Wildman–Crippen MR) is 66.2 cm³/mol. The average Bonchev–Trinajstić information content (AvgIpc) is 2.66. The van der Waals surface area contributed by atoms with Gasteiger partial charge in [-0.25, -0.2) is 9.07 Å². The fourth-order valence-corrected chi connectivity index (χ4v) is 1.77. The number of nitrogens with two attached hydrogens (primary N) is 2. The minimum Gasteiger partial charge on any atom is -0.383 e. The van der Waals surface area contributed by atoms with Crippen molar-refractivity contribution < 1.29 is 9.18 Å². The first-order valence-corrected chi connectivity index (χ1v) is 5.39. The summed E-state index contributed by atoms with van der Waals surface area (Å²) in [6, 6.07) is 2.66. The van der Waals surface area contributed by atoms with E-state index in [1.807, 2.05) is 0 Å². The van der Waals surface area contributed by atoms with Crippen LogP contribution in [0.4, 0.5) is 10.2 Å². The number of nitrogens with zero attached hydrogens (tertiary/aromatic N) is 2. The van der Waals surface area contributed by atoms with E-state index in [1.54, 1.807) is 6.92 Å². The fraction of sp³-hybridized carbons (Fsp3) is 0.0909. The lowest BCUT2D eigenvalue weighted by molar-refractivity contribution is 0.100. The van der Waals surface area contributed by atoms with Gasteiger partial charge in [0.1, 0.15) is 17.2 Å². The maximum absolute atomic E-state index is 13.3. The molecule has 18 heavy (non-hydrogen) atoms. The second-order valence-corrected chi connectivity index (χ2v) is 4.18. The number of halogens is 2. The molecule has 0 bridgehead atoms. The molecule has 94 valence electrons. The first kappa shape index (κ1) is 12.4. The second-order valence-electron chi connectivity index (χ2n) is 3.77. The number of carbonyl (C=O) groups excluding carboxylic acids is 1. The molecule has 1 heterocycles. The van der Waals surface area contributed by atoms with Gasteiger partial charge in [0.05, 0.1) is 16.9 Å². The van der Waals surface area contributed by atoms with E-state index < -0.39 is 11.7 Å². The van der Waals surface area contributed by atoms with Crippen LogP contribution in [0.1, 0.15) is 15.9 Å². The Hall–Kier alpha value is -2.08. The summed E-state index contributed by atoms with van der Waals surface area (Å²) in [5.74, 6) is -1.05. The van der Waals surface area contributed by atoms with Gasteiger partial charge in [0, 0.05) is 0 Å². The first-order chi connectivity index (χ1) is 8.41. The number of benzene rings is 1. The van der Waals surface area contributed by atoms with Gasteiger partial charge >= 0.3 is 0 Å². The quantitative estimate of drug-likeness (QED) is 0.868. The molecule has 1 amide bonds. The van der Waals surface area contributed by atoms with Crippen molar-refractivity contribution in [1.82, 2.24) is 9.78 Å². The molecule has 0 radical (unpaired) electrons. The Balaban J connectivity index is 2.63. The van der Waals surface area contributed by atoms with E-state index in [-0.39, 0.29) is 16.4 Å². The fourth-order valence-electron chi connectivity index (χ4n) is 1.54. The molecule has 5 nitrogen and oxygen atoms in total. The van der Waals surface area contributed by atoms with Gasteiger partial charge < -0.3 is 11.5 Å². The number of primary amides is 1. The minimum absolute atomic E-state index is 0.0652. The third-order valence-electron chi connectivity index (χ3n) is 2.53. The number of anilines is 1. The molecule has 0 aliphatic carbocycles. The van der Waals surface area contributed by atoms with Gasteiger partial charge in [-0.1, -0.05) is 11.6 Å². The zero-order valence-electron chi connectivity index (χ0n) is 9.45. The highest BCUT2D eigenvalue weighted by atomic mass is 35.5. The molecule has 4 N–H and O–H groups in total. The van der Waals surface area contributed by atoms with Crippen LogP contribution in [0.3, 0.4) is 0 Å². The molecular formula is C11H10ClFN4O. The Kier molecular flexibility index (Phi) is 2.96. The summed E-state index contributed by atoms with van der Waals surface area (Å²) in [5, 5.41) is 4.07. The lowest BCUT2D eigenvalue weighted by Gasteiger charge is -2.08. The van der Waals surface area contributed by atoms with Crippen LogP contribution in [0.15, 0.2) is 18.3 Å². The zero-order valence-corrected chi connectivity index (χ0v) is 10.2. The van der Waals surface area contributed by atoms with Crippen molar-refractivity contribution in [2.75, 3.05) is 5.73 Å². The van der Waals surface area contributed by atoms with Crippen LogP contribution in [0.25, 0.3) is 5.69 Å². The average molecular weight is 269 g/mol. The van der Waals surface area contributed by atoms with Crippen molar-refractivity contribution in [2.24, 2.45) is 5.73 Å². The molecule has 0 spiro atoms. The Bertz CT molecular complexity index is 638. The summed E-state index contributed by atoms with van der Waals surface area (Å²) in [5.41, 5.74) is 11.7. The first-order valence-electron chi connectivity index (χ1n) is 5.01. The maximum atomic E-state index is 13.3. The largest absolute Gasteiger partial charge is 0.383 e. The van der Waals surface area contributed by atoms with Crippen molar-refractivity contribution in [2.45, 2.75) is 6.92 Å². The standard InChI is InChI=1S/C11H10ClFN4O/c1-5-2-9(7(12)3-8(5)13)17-10(14)6(4-16-17)11(15)18/h2-4H,14H2,1H3,(H2,15,18). The normalized spacial score (nSPS) is 10.6. The third-order valence-corrected chi connectivity index (χ3v) is 2.83. The van der Waals surface area contributed by atoms with Gasteiger partial charge in [0.25, 0.3) is 5.91 Å². The smallest absolute Gasteiger partial charge is 0.254 e. The summed E-state index contributed by atoms with van der Waals surface area (Å²) in [6.45, 7) is 1.59. The lowest BCUT2D eigenvalue weighted by atomic mass is 10.2. The van der Waals surface area contributed by atoms with Crippen LogP contribution in [-0.4, -0.2) is 15.7 Å². The van der Waals surface area contributed by atoms with Gasteiger partial charge in [-0.3, -0.25) is 4.79 Å². The van der Waals surface area contributed by atoms with Gasteiger partial charge in [-0.2, -0.15) is 5.10 Å². The van der Waals surface area contributed by atoms with E-state index in [1.165, 1.54) is 16.9 Å². The van der Waals surface area contributed by atoms with Crippen LogP contribution in [0.2, 0.25) is 5.02 Å². The lowest BCUT2D eigenvalue weighted by Crippen LogP contribution is -2.13. The number of nitrogen functional groups attached to an aromatic ring is 1. The summed E-state index contributed by atoms with van der Waals surface area (Å²) in [6.07, 6.45) is 1.24. The van der Waals surface area contributed by atoms with E-state index in [4.69, 9.17) is 23.1 Å². The molecular weight excluding hydrogens is 259 g/mol. The van der Waals surface area contributed by atoms with Crippen LogP contribution in [0.5, 0.6) is 0 Å². The Morgan fingerprint density at radius 3 is 2.72 bits per heavy atom. The predicted octanol–water partition coefficient (Wildman–Crippen LogP) is 1.65. The van der Waals surface area contributed by atoms with E-state index in [9.17, 15) is 9.18 Å². The van der Waals surface area contributed by atoms with Gasteiger partial charge in [-0.15, -0.1) is 0 Å². The molecule has 0 aliphatic rings. The van der Waals surface area contributed by atoms with Crippen LogP contribution < -0.4 is 11.5 Å². The van der Waals surface area contributed by atoms with E-state index in [2.05, 4.69) is 5.10 Å². The Morgan fingerprint density at radius 1 is 1.50 bits per heavy atom. The highest BCUT2D eigenvalue weighted by Gasteiger charge is 2.16. The zero-order chi connectivity index (χ0) is 13.4. The van der Waals surface area contributed by atoms with Crippen LogP contribution in [0, 0.1) is 12.7 Å². The third kappa shape index (κ3) is 1.91. The van der Waals surface area contributed by atoms with E-state index in [0.29, 0.717) is 11.3 Å². The highest BCUT2D eigenvalue weighted by Crippen LogP contribution is 2.26. The van der Waals surface area contributed by atoms with Crippen molar-refractivity contribution >= 4 is 23.3 Å². The monoisotopic (exact) mass is 268 g/mol. The highest BCUT2D eigenvalue weighted by molar-refractivity contribution is 6.32. The number of aryl methyl sites for hydroxylation is 1. The molecule has 2 rings (SSSR count). The van der Waals surface area contributed by atoms with Crippen molar-refractivity contribution in [3.05, 3.63) is 40.3 Å². The number of carbonyl (C=O) groups is 1. The summed E-state index contributed by atoms with van der Waals surface area (Å²) >= 11 is 5.92. The molecule has 0 unspecified atom stereocenters. The molecule has 2 aromatic rings. The Morgan fingerprint density at radius 2 is 2.17 bits per heavy atom. The van der Waals surface area contributed by atoms with E-state index in [0.717, 1.165) is 6.07 Å². The van der Waals surface area contributed by atoms with E-state index >= 15 is 0 Å². The maximum Gasteiger partial charge on any atom is 0.254 e. The molecule has 1 aromatic heterocycles. The summed E-state index contributed by atoms with van der Waals surface area (Å²) in [4.78, 5) is 11.1. The number of hydrogen-bond donors (Lipinski definition) is 2. The molecule has 0 saturated heterocycles. The van der Waals surface area contributed by atoms with Crippen molar-refractivity contribution in [3.63, 3.8) is 0 Å². The minimum atomic E-state index is -0.686. The van der Waals surface area contributed by atoms with Crippen molar-refractivity contribution in [3.8, 4) is 5.69 Å². The molecule has 1 aromatic carbocycles. The summed E-state index contributed by atoms with van der Waals surface area (Å²) < 4.78 is 14.5. The topological polar surface area (TPSA) is 86.9 Å². The SMILES string of the molecule is Cc1cc(-n2ncc(C(N)=O)c2N)c(Cl)cc1F. The van der Waals surface area contributed by atoms with Crippen LogP contribution in [-0.2, 0) is 0 Å². The number of aromatic nitrogens is 2. The molecule has 0 saturated carbocycles. The molecule has 0 fully saturated rings. The Labute approximate surface area is 107 Å². The molecule has 7 heteroatoms.